The first kappa shape index (κ1) is 53.0. The number of carbonyl (C=O) groups is 3. The lowest BCUT2D eigenvalue weighted by molar-refractivity contribution is -0.161. The van der Waals surface area contributed by atoms with Gasteiger partial charge in [0.2, 0.25) is 0 Å². The highest BCUT2D eigenvalue weighted by atomic mass is 31.2. The molecule has 0 spiro atoms. The van der Waals surface area contributed by atoms with Crippen LogP contribution in [0.15, 0.2) is 24.3 Å². The summed E-state index contributed by atoms with van der Waals surface area (Å²) in [5, 5.41) is 8.88. The van der Waals surface area contributed by atoms with Gasteiger partial charge in [0.25, 0.3) is 0 Å². The van der Waals surface area contributed by atoms with E-state index in [0.29, 0.717) is 12.8 Å². The number of carbonyl (C=O) groups excluding carboxylic acids is 2. The van der Waals surface area contributed by atoms with Gasteiger partial charge in [0.05, 0.1) is 13.2 Å². The topological polar surface area (TPSA) is 172 Å². The summed E-state index contributed by atoms with van der Waals surface area (Å²) in [7, 11) is -4.71. The monoisotopic (exact) mass is 802 g/mol. The van der Waals surface area contributed by atoms with E-state index in [4.69, 9.17) is 24.8 Å². The number of phosphoric acid groups is 1. The number of unbranched alkanes of at least 4 members (excludes halogenated alkanes) is 23. The Kier molecular flexibility index (Phi) is 37.4. The quantitative estimate of drug-likeness (QED) is 0.0232. The minimum absolute atomic E-state index is 0.163. The van der Waals surface area contributed by atoms with Gasteiger partial charge in [-0.25, -0.2) is 4.57 Å². The first-order chi connectivity index (χ1) is 26.6. The third kappa shape index (κ3) is 38.6. The van der Waals surface area contributed by atoms with Crippen molar-refractivity contribution in [1.29, 1.82) is 0 Å². The zero-order valence-electron chi connectivity index (χ0n) is 34.8. The minimum Gasteiger partial charge on any atom is -0.480 e. The van der Waals surface area contributed by atoms with E-state index in [0.717, 1.165) is 51.4 Å². The molecule has 0 bridgehead atoms. The van der Waals surface area contributed by atoms with Gasteiger partial charge in [-0.3, -0.25) is 23.4 Å². The summed E-state index contributed by atoms with van der Waals surface area (Å²) >= 11 is 0. The van der Waals surface area contributed by atoms with Crippen LogP contribution in [-0.4, -0.2) is 59.9 Å². The Morgan fingerprint density at radius 3 is 1.45 bits per heavy atom. The summed E-state index contributed by atoms with van der Waals surface area (Å²) < 4.78 is 32.7. The number of allylic oxidation sites excluding steroid dienone is 4. The number of hydrogen-bond acceptors (Lipinski definition) is 9. The van der Waals surface area contributed by atoms with Crippen molar-refractivity contribution < 1.29 is 47.5 Å². The molecule has 3 atom stereocenters. The van der Waals surface area contributed by atoms with E-state index < -0.39 is 51.1 Å². The van der Waals surface area contributed by atoms with Crippen LogP contribution in [0.3, 0.4) is 0 Å². The predicted octanol–water partition coefficient (Wildman–Crippen LogP) is 11.5. The van der Waals surface area contributed by atoms with Crippen LogP contribution < -0.4 is 5.73 Å². The summed E-state index contributed by atoms with van der Waals surface area (Å²) in [6.45, 7) is 2.78. The zero-order chi connectivity index (χ0) is 40.7. The molecule has 4 N–H and O–H groups in total. The molecule has 0 aliphatic heterocycles. The largest absolute Gasteiger partial charge is 0.480 e. The van der Waals surface area contributed by atoms with Crippen LogP contribution in [0.25, 0.3) is 0 Å². The molecule has 0 fully saturated rings. The number of carboxylic acid groups (broad SMARTS) is 1. The summed E-state index contributed by atoms with van der Waals surface area (Å²) in [4.78, 5) is 45.9. The number of rotatable bonds is 41. The maximum Gasteiger partial charge on any atom is 0.472 e. The van der Waals surface area contributed by atoms with Gasteiger partial charge >= 0.3 is 25.7 Å². The van der Waals surface area contributed by atoms with Crippen molar-refractivity contribution in [1.82, 2.24) is 0 Å². The molecule has 0 aromatic rings. The Labute approximate surface area is 334 Å². The Morgan fingerprint density at radius 2 is 0.964 bits per heavy atom. The smallest absolute Gasteiger partial charge is 0.472 e. The zero-order valence-corrected chi connectivity index (χ0v) is 35.7. The normalized spacial score (nSPS) is 14.0. The minimum atomic E-state index is -4.71. The maximum atomic E-state index is 12.6. The van der Waals surface area contributed by atoms with Crippen LogP contribution >= 0.6 is 7.82 Å². The maximum absolute atomic E-state index is 12.6. The van der Waals surface area contributed by atoms with Crippen molar-refractivity contribution in [3.8, 4) is 0 Å². The average Bonchev–Trinajstić information content (AvgIpc) is 3.16. The van der Waals surface area contributed by atoms with Gasteiger partial charge in [0.1, 0.15) is 12.6 Å². The lowest BCUT2D eigenvalue weighted by atomic mass is 10.0. The molecule has 12 heteroatoms. The van der Waals surface area contributed by atoms with Gasteiger partial charge in [-0.15, -0.1) is 0 Å². The van der Waals surface area contributed by atoms with Crippen molar-refractivity contribution in [3.63, 3.8) is 0 Å². The van der Waals surface area contributed by atoms with Gasteiger partial charge < -0.3 is 25.2 Å². The standard InChI is InChI=1S/C43H80NO10P/c1-3-5-7-9-11-13-15-17-19-20-21-23-24-26-28-30-32-34-41(45)51-36-39(37-52-55(49,50)53-38-40(44)43(47)48)54-42(46)35-33-31-29-27-25-22-18-16-14-12-10-8-6-4-2/h11,13,17,19,39-40H,3-10,12,14-16,18,20-38,44H2,1-2H3,(H,47,48)(H,49,50)/b13-11-,19-17-/t39-,40+/m1/s1. The van der Waals surface area contributed by atoms with Crippen LogP contribution in [0.1, 0.15) is 200 Å². The van der Waals surface area contributed by atoms with Gasteiger partial charge in [0.15, 0.2) is 6.10 Å². The highest BCUT2D eigenvalue weighted by Gasteiger charge is 2.28. The van der Waals surface area contributed by atoms with Crippen LogP contribution in [0.2, 0.25) is 0 Å². The number of hydrogen-bond donors (Lipinski definition) is 3. The van der Waals surface area contributed by atoms with E-state index in [1.165, 1.54) is 109 Å². The number of nitrogens with two attached hydrogens (primary N) is 1. The van der Waals surface area contributed by atoms with Crippen molar-refractivity contribution in [2.24, 2.45) is 5.73 Å². The van der Waals surface area contributed by atoms with Gasteiger partial charge in [-0.2, -0.15) is 0 Å². The van der Waals surface area contributed by atoms with Gasteiger partial charge in [0, 0.05) is 12.8 Å². The first-order valence-electron chi connectivity index (χ1n) is 21.9. The number of esters is 2. The molecule has 55 heavy (non-hydrogen) atoms. The second kappa shape index (κ2) is 38.8. The summed E-state index contributed by atoms with van der Waals surface area (Å²) in [5.41, 5.74) is 5.33. The fraction of sp³-hybridized carbons (Fsp3) is 0.837. The molecule has 322 valence electrons. The molecule has 1 unspecified atom stereocenters. The van der Waals surface area contributed by atoms with Gasteiger partial charge in [-0.05, 0) is 44.9 Å². The molecule has 0 heterocycles. The molecule has 0 saturated carbocycles. The molecular formula is C43H80NO10P. The number of aliphatic carboxylic acids is 1. The molecule has 0 aromatic heterocycles. The molecule has 0 radical (unpaired) electrons. The fourth-order valence-corrected chi connectivity index (χ4v) is 6.76. The van der Waals surface area contributed by atoms with E-state index in [1.807, 2.05) is 0 Å². The molecule has 0 aliphatic carbocycles. The first-order valence-corrected chi connectivity index (χ1v) is 23.4. The Hall–Kier alpha value is -2.04. The Bertz CT molecular complexity index is 1040. The van der Waals surface area contributed by atoms with E-state index >= 15 is 0 Å². The van der Waals surface area contributed by atoms with Crippen molar-refractivity contribution in [2.45, 2.75) is 212 Å². The second-order valence-corrected chi connectivity index (χ2v) is 16.3. The summed E-state index contributed by atoms with van der Waals surface area (Å²) in [6.07, 6.45) is 39.5. The third-order valence-corrected chi connectivity index (χ3v) is 10.4. The summed E-state index contributed by atoms with van der Waals surface area (Å²) in [6, 6.07) is -1.52. The highest BCUT2D eigenvalue weighted by molar-refractivity contribution is 7.47. The molecule has 0 amide bonds. The van der Waals surface area contributed by atoms with E-state index in [-0.39, 0.29) is 19.4 Å². The van der Waals surface area contributed by atoms with E-state index in [2.05, 4.69) is 42.7 Å². The van der Waals surface area contributed by atoms with Crippen molar-refractivity contribution in [3.05, 3.63) is 24.3 Å². The number of carboxylic acids is 1. The van der Waals surface area contributed by atoms with Gasteiger partial charge in [-0.1, -0.05) is 167 Å². The molecule has 0 rings (SSSR count). The van der Waals surface area contributed by atoms with Crippen molar-refractivity contribution >= 4 is 25.7 Å². The van der Waals surface area contributed by atoms with E-state index in [1.54, 1.807) is 0 Å². The molecule has 0 aliphatic rings. The van der Waals surface area contributed by atoms with Crippen LogP contribution in [-0.2, 0) is 37.5 Å². The average molecular weight is 802 g/mol. The second-order valence-electron chi connectivity index (χ2n) is 14.8. The lowest BCUT2D eigenvalue weighted by Crippen LogP contribution is -2.34. The highest BCUT2D eigenvalue weighted by Crippen LogP contribution is 2.43. The third-order valence-electron chi connectivity index (χ3n) is 9.45. The Morgan fingerprint density at radius 1 is 0.564 bits per heavy atom. The lowest BCUT2D eigenvalue weighted by Gasteiger charge is -2.20. The molecule has 0 aromatic carbocycles. The number of phosphoric ester groups is 1. The van der Waals surface area contributed by atoms with Crippen molar-refractivity contribution in [2.75, 3.05) is 19.8 Å². The fourth-order valence-electron chi connectivity index (χ4n) is 5.98. The Balaban J connectivity index is 4.35. The SMILES string of the molecule is CCCCC/C=C\C/C=C\CCCCCCCCCC(=O)OC[C@H](COP(=O)(O)OC[C@H](N)C(=O)O)OC(=O)CCCCCCCCCCCCCCCC. The van der Waals surface area contributed by atoms with E-state index in [9.17, 15) is 23.8 Å². The van der Waals surface area contributed by atoms with Crippen LogP contribution in [0.4, 0.5) is 0 Å². The van der Waals surface area contributed by atoms with Crippen LogP contribution in [0.5, 0.6) is 0 Å². The predicted molar refractivity (Wildman–Crippen MR) is 222 cm³/mol. The number of ether oxygens (including phenoxy) is 2. The van der Waals surface area contributed by atoms with Crippen LogP contribution in [0, 0.1) is 0 Å². The summed E-state index contributed by atoms with van der Waals surface area (Å²) in [5.74, 6) is -2.38. The molecular weight excluding hydrogens is 721 g/mol. The molecule has 0 saturated heterocycles. The molecule has 11 nitrogen and oxygen atoms in total.